The number of aliphatic hydroxyl groups is 1. The summed E-state index contributed by atoms with van der Waals surface area (Å²) in [5.74, 6) is -0.365. The normalized spacial score (nSPS) is 12.5. The number of hydrogen-bond acceptors (Lipinski definition) is 1. The predicted molar refractivity (Wildman–Crippen MR) is 74.1 cm³/mol. The van der Waals surface area contributed by atoms with E-state index in [-0.39, 0.29) is 5.82 Å². The summed E-state index contributed by atoms with van der Waals surface area (Å²) < 4.78 is 13.9. The Morgan fingerprint density at radius 3 is 2.17 bits per heavy atom. The summed E-state index contributed by atoms with van der Waals surface area (Å²) in [5, 5.41) is 10.3. The first-order chi connectivity index (χ1) is 8.47. The third-order valence-electron chi connectivity index (χ3n) is 2.82. The van der Waals surface area contributed by atoms with Crippen LogP contribution in [0.1, 0.15) is 28.4 Å². The first kappa shape index (κ1) is 13.2. The Labute approximate surface area is 114 Å². The van der Waals surface area contributed by atoms with Gasteiger partial charge in [-0.3, -0.25) is 0 Å². The monoisotopic (exact) mass is 308 g/mol. The molecule has 2 aromatic rings. The van der Waals surface area contributed by atoms with Crippen molar-refractivity contribution in [1.82, 2.24) is 0 Å². The van der Waals surface area contributed by atoms with E-state index in [1.807, 2.05) is 32.0 Å². The van der Waals surface area contributed by atoms with E-state index in [1.54, 1.807) is 12.1 Å². The van der Waals surface area contributed by atoms with Gasteiger partial charge in [-0.2, -0.15) is 0 Å². The molecular formula is C15H14BrFO. The van der Waals surface area contributed by atoms with Crippen LogP contribution in [0.25, 0.3) is 0 Å². The zero-order valence-electron chi connectivity index (χ0n) is 10.2. The molecule has 0 aliphatic rings. The summed E-state index contributed by atoms with van der Waals surface area (Å²) >= 11 is 3.10. The van der Waals surface area contributed by atoms with E-state index < -0.39 is 6.10 Å². The fourth-order valence-electron chi connectivity index (χ4n) is 2.04. The van der Waals surface area contributed by atoms with Crippen molar-refractivity contribution >= 4 is 15.9 Å². The Morgan fingerprint density at radius 1 is 1.00 bits per heavy atom. The molecule has 0 spiro atoms. The second-order valence-corrected chi connectivity index (χ2v) is 5.35. The van der Waals surface area contributed by atoms with E-state index >= 15 is 0 Å². The minimum absolute atomic E-state index is 0.365. The zero-order valence-corrected chi connectivity index (χ0v) is 11.8. The lowest BCUT2D eigenvalue weighted by Crippen LogP contribution is -2.01. The molecule has 0 aliphatic heterocycles. The molecule has 1 unspecified atom stereocenters. The topological polar surface area (TPSA) is 20.2 Å². The standard InChI is InChI=1S/C15H14BrFO/c1-9-5-10(2)7-12(6-9)15(18)11-3-4-13(16)14(17)8-11/h3-8,15,18H,1-2H3. The molecule has 0 bridgehead atoms. The molecule has 0 aromatic heterocycles. The van der Waals surface area contributed by atoms with Crippen LogP contribution in [-0.2, 0) is 0 Å². The van der Waals surface area contributed by atoms with Gasteiger partial charge in [0.2, 0.25) is 0 Å². The highest BCUT2D eigenvalue weighted by molar-refractivity contribution is 9.10. The molecule has 1 atom stereocenters. The number of halogens is 2. The Kier molecular flexibility index (Phi) is 3.83. The zero-order chi connectivity index (χ0) is 13.3. The van der Waals surface area contributed by atoms with Crippen molar-refractivity contribution in [2.45, 2.75) is 20.0 Å². The molecule has 94 valence electrons. The van der Waals surface area contributed by atoms with E-state index in [1.165, 1.54) is 6.07 Å². The fourth-order valence-corrected chi connectivity index (χ4v) is 2.29. The first-order valence-corrected chi connectivity index (χ1v) is 6.48. The SMILES string of the molecule is Cc1cc(C)cc(C(O)c2ccc(Br)c(F)c2)c1. The van der Waals surface area contributed by atoms with Crippen LogP contribution in [0.4, 0.5) is 4.39 Å². The van der Waals surface area contributed by atoms with Crippen molar-refractivity contribution in [2.75, 3.05) is 0 Å². The minimum atomic E-state index is -0.800. The molecule has 0 saturated carbocycles. The summed E-state index contributed by atoms with van der Waals surface area (Å²) in [7, 11) is 0. The van der Waals surface area contributed by atoms with E-state index in [2.05, 4.69) is 15.9 Å². The maximum absolute atomic E-state index is 13.5. The summed E-state index contributed by atoms with van der Waals surface area (Å²) in [5.41, 5.74) is 3.51. The van der Waals surface area contributed by atoms with Gasteiger partial charge in [-0.25, -0.2) is 4.39 Å². The van der Waals surface area contributed by atoms with Crippen molar-refractivity contribution in [2.24, 2.45) is 0 Å². The summed E-state index contributed by atoms with van der Waals surface area (Å²) in [6.07, 6.45) is -0.800. The lowest BCUT2D eigenvalue weighted by atomic mass is 9.98. The molecule has 3 heteroatoms. The molecule has 0 heterocycles. The van der Waals surface area contributed by atoms with E-state index in [9.17, 15) is 9.50 Å². The number of aryl methyl sites for hydroxylation is 2. The maximum atomic E-state index is 13.5. The van der Waals surface area contributed by atoms with Crippen LogP contribution < -0.4 is 0 Å². The molecule has 1 N–H and O–H groups in total. The molecule has 18 heavy (non-hydrogen) atoms. The smallest absolute Gasteiger partial charge is 0.137 e. The van der Waals surface area contributed by atoms with Crippen LogP contribution in [0, 0.1) is 19.7 Å². The van der Waals surface area contributed by atoms with Crippen LogP contribution in [0.3, 0.4) is 0 Å². The Morgan fingerprint density at radius 2 is 1.61 bits per heavy atom. The molecule has 0 amide bonds. The average Bonchev–Trinajstić information content (AvgIpc) is 2.30. The molecule has 0 aliphatic carbocycles. The van der Waals surface area contributed by atoms with Gasteiger partial charge in [0.1, 0.15) is 11.9 Å². The summed E-state index contributed by atoms with van der Waals surface area (Å²) in [4.78, 5) is 0. The van der Waals surface area contributed by atoms with Crippen molar-refractivity contribution < 1.29 is 9.50 Å². The van der Waals surface area contributed by atoms with Crippen molar-refractivity contribution in [3.63, 3.8) is 0 Å². The molecule has 2 rings (SSSR count). The predicted octanol–water partition coefficient (Wildman–Crippen LogP) is 4.29. The second-order valence-electron chi connectivity index (χ2n) is 4.50. The minimum Gasteiger partial charge on any atom is -0.384 e. The molecular weight excluding hydrogens is 295 g/mol. The molecule has 0 fully saturated rings. The van der Waals surface area contributed by atoms with Gasteiger partial charge in [-0.1, -0.05) is 35.4 Å². The van der Waals surface area contributed by atoms with E-state index in [0.29, 0.717) is 10.0 Å². The van der Waals surface area contributed by atoms with Gasteiger partial charge in [0.05, 0.1) is 4.47 Å². The first-order valence-electron chi connectivity index (χ1n) is 5.68. The summed E-state index contributed by atoms with van der Waals surface area (Å²) in [6, 6.07) is 10.5. The van der Waals surface area contributed by atoms with Gasteiger partial charge < -0.3 is 5.11 Å². The Hall–Kier alpha value is -1.19. The van der Waals surface area contributed by atoms with Crippen LogP contribution >= 0.6 is 15.9 Å². The third-order valence-corrected chi connectivity index (χ3v) is 3.46. The maximum Gasteiger partial charge on any atom is 0.137 e. The van der Waals surface area contributed by atoms with Crippen LogP contribution in [0.2, 0.25) is 0 Å². The van der Waals surface area contributed by atoms with Crippen LogP contribution in [0.15, 0.2) is 40.9 Å². The Bertz CT molecular complexity index is 560. The fraction of sp³-hybridized carbons (Fsp3) is 0.200. The number of benzene rings is 2. The third kappa shape index (κ3) is 2.79. The molecule has 2 aromatic carbocycles. The highest BCUT2D eigenvalue weighted by Gasteiger charge is 2.13. The Balaban J connectivity index is 2.40. The number of rotatable bonds is 2. The number of aliphatic hydroxyl groups excluding tert-OH is 1. The largest absolute Gasteiger partial charge is 0.384 e. The number of hydrogen-bond donors (Lipinski definition) is 1. The van der Waals surface area contributed by atoms with Crippen molar-refractivity contribution in [1.29, 1.82) is 0 Å². The van der Waals surface area contributed by atoms with E-state index in [0.717, 1.165) is 16.7 Å². The average molecular weight is 309 g/mol. The van der Waals surface area contributed by atoms with Gasteiger partial charge in [0.15, 0.2) is 0 Å². The second kappa shape index (κ2) is 5.21. The lowest BCUT2D eigenvalue weighted by Gasteiger charge is -2.13. The van der Waals surface area contributed by atoms with Gasteiger partial charge in [0, 0.05) is 0 Å². The van der Waals surface area contributed by atoms with Gasteiger partial charge in [-0.05, 0) is 53.0 Å². The lowest BCUT2D eigenvalue weighted by molar-refractivity contribution is 0.219. The highest BCUT2D eigenvalue weighted by Crippen LogP contribution is 2.26. The summed E-state index contributed by atoms with van der Waals surface area (Å²) in [6.45, 7) is 3.96. The van der Waals surface area contributed by atoms with Crippen molar-refractivity contribution in [3.05, 3.63) is 68.9 Å². The van der Waals surface area contributed by atoms with Crippen LogP contribution in [-0.4, -0.2) is 5.11 Å². The van der Waals surface area contributed by atoms with Crippen LogP contribution in [0.5, 0.6) is 0 Å². The van der Waals surface area contributed by atoms with E-state index in [4.69, 9.17) is 0 Å². The van der Waals surface area contributed by atoms with Gasteiger partial charge in [0.25, 0.3) is 0 Å². The molecule has 0 saturated heterocycles. The molecule has 0 radical (unpaired) electrons. The van der Waals surface area contributed by atoms with Crippen molar-refractivity contribution in [3.8, 4) is 0 Å². The quantitative estimate of drug-likeness (QED) is 0.877. The highest BCUT2D eigenvalue weighted by atomic mass is 79.9. The van der Waals surface area contributed by atoms with Gasteiger partial charge in [-0.15, -0.1) is 0 Å². The molecule has 1 nitrogen and oxygen atoms in total. The van der Waals surface area contributed by atoms with Gasteiger partial charge >= 0.3 is 0 Å².